The normalized spacial score (nSPS) is 22.1. The highest BCUT2D eigenvalue weighted by Crippen LogP contribution is 2.77. The first-order valence-corrected chi connectivity index (χ1v) is 39.5. The molecule has 2 unspecified atom stereocenters. The molecule has 18 nitrogen and oxygen atoms in total. The number of sulfone groups is 1. The van der Waals surface area contributed by atoms with E-state index in [1.807, 2.05) is 106 Å². The number of hydrogen-bond acceptors (Lipinski definition) is 16. The van der Waals surface area contributed by atoms with Crippen LogP contribution in [0.25, 0.3) is 10.4 Å². The second kappa shape index (κ2) is 30.7. The van der Waals surface area contributed by atoms with E-state index in [2.05, 4.69) is 51.5 Å². The van der Waals surface area contributed by atoms with Crippen molar-refractivity contribution >= 4 is 78.0 Å². The Morgan fingerprint density at radius 2 is 1.53 bits per heavy atom. The van der Waals surface area contributed by atoms with Crippen LogP contribution in [-0.4, -0.2) is 160 Å². The third-order valence-corrected chi connectivity index (χ3v) is 25.7. The van der Waals surface area contributed by atoms with Crippen LogP contribution in [0.15, 0.2) is 128 Å². The van der Waals surface area contributed by atoms with Crippen LogP contribution in [0.3, 0.4) is 0 Å². The van der Waals surface area contributed by atoms with Gasteiger partial charge in [0.2, 0.25) is 17.7 Å². The number of allylic oxidation sites excluding steroid dienone is 1. The van der Waals surface area contributed by atoms with Crippen molar-refractivity contribution in [1.29, 1.82) is 0 Å². The average Bonchev–Trinajstić information content (AvgIpc) is 0.964. The first-order chi connectivity index (χ1) is 46.6. The third kappa shape index (κ3) is 18.3. The number of aliphatic hydroxyl groups excluding tert-OH is 1. The van der Waals surface area contributed by atoms with Crippen molar-refractivity contribution in [3.8, 4) is 10.4 Å². The molecule has 0 spiro atoms. The number of halogens is 3. The molecule has 5 atom stereocenters. The number of aromatic nitrogens is 1. The molecular weight excluding hydrogens is 1340 g/mol. The number of likely N-dealkylation sites (tertiary alicyclic amines) is 1. The number of β-amino-alcohol motifs (C(OH)–C–C–N with tert-alkyl or cyclic N) is 1. The van der Waals surface area contributed by atoms with Crippen molar-refractivity contribution in [2.24, 2.45) is 21.7 Å². The smallest absolute Gasteiger partial charge is 0.391 e. The number of nitrogens with zero attached hydrogens (tertiary/aromatic N) is 5. The molecule has 5 aromatic rings. The minimum absolute atomic E-state index is 0.0122. The van der Waals surface area contributed by atoms with Crippen LogP contribution < -0.4 is 25.6 Å². The van der Waals surface area contributed by atoms with Gasteiger partial charge in [-0.05, 0) is 179 Å². The molecule has 6 aliphatic rings. The molecule has 0 radical (unpaired) electrons. The number of aliphatic hydroxyl groups is 1. The lowest BCUT2D eigenvalue weighted by molar-refractivity contribution is -0.167. The largest absolute Gasteiger partial charge is 0.501 e. The van der Waals surface area contributed by atoms with Gasteiger partial charge in [-0.15, -0.1) is 23.1 Å². The highest BCUT2D eigenvalue weighted by atomic mass is 32.2. The average molecular weight is 1440 g/mol. The summed E-state index contributed by atoms with van der Waals surface area (Å²) in [5.41, 5.74) is 3.13. The number of benzene rings is 4. The van der Waals surface area contributed by atoms with Crippen molar-refractivity contribution in [3.63, 3.8) is 0 Å². The summed E-state index contributed by atoms with van der Waals surface area (Å²) < 4.78 is 100. The van der Waals surface area contributed by atoms with Gasteiger partial charge in [0.15, 0.2) is 0 Å². The summed E-state index contributed by atoms with van der Waals surface area (Å²) in [6.07, 6.45) is 9.80. The number of aryl methyl sites for hydroxylation is 1. The van der Waals surface area contributed by atoms with Gasteiger partial charge in [0.05, 0.1) is 38.8 Å². The predicted molar refractivity (Wildman–Crippen MR) is 385 cm³/mol. The number of amides is 4. The number of alkyl halides is 3. The quantitative estimate of drug-likeness (QED) is 0.0170. The van der Waals surface area contributed by atoms with Crippen LogP contribution in [-0.2, 0) is 34.2 Å². The SMILES string of the molecule is Cc1ncsc1-c1ccc([C@H](C)NC(=O)[C@@H]2C[C@@H](O)CN2C(=O)C(NC(=O)CCCCCCN(C)CCC(CSc2ccccc2)Nc2ccc(S(=O)(=O)NC(=O)c3ccc(N4CCN(CC5=C(C67CC(C)(C6)C7)CC(C)(C)CC5)CC4)cc3)cc2S(=O)(=O)C(F)(F)F)C(C)(C)C)cc1. The van der Waals surface area contributed by atoms with Gasteiger partial charge in [0.1, 0.15) is 17.0 Å². The zero-order valence-electron chi connectivity index (χ0n) is 58.5. The molecule has 2 bridgehead atoms. The number of nitrogens with one attached hydrogen (secondary N) is 4. The lowest BCUT2D eigenvalue weighted by Gasteiger charge is -2.72. The highest BCUT2D eigenvalue weighted by molar-refractivity contribution is 7.99. The van der Waals surface area contributed by atoms with Crippen molar-refractivity contribution in [2.75, 3.05) is 75.4 Å². The molecule has 25 heteroatoms. The molecule has 3 saturated carbocycles. The molecule has 3 heterocycles. The Bertz CT molecular complexity index is 3950. The van der Waals surface area contributed by atoms with Gasteiger partial charge >= 0.3 is 5.51 Å². The maximum absolute atomic E-state index is 14.6. The Labute approximate surface area is 591 Å². The molecule has 1 aromatic heterocycles. The first-order valence-electron chi connectivity index (χ1n) is 34.6. The van der Waals surface area contributed by atoms with Gasteiger partial charge in [0, 0.05) is 80.1 Å². The highest BCUT2D eigenvalue weighted by Gasteiger charge is 2.67. The standard InChI is InChI=1S/C74H98F3N9O9S4/c1-49(51-20-22-52(23-21-51)65-50(2)78-48-97-65)79-68(90)62-39-57(87)43-86(62)69(91)66(70(3,4)5)81-64(88)19-15-10-11-16-33-83(9)34-31-55(44-96-58-17-13-12-14-18-58)80-61-29-28-59(40-63(61)98(92,93)74(75,76)77)99(94,95)82-67(89)53-24-26-56(27-25-53)85-37-35-84(36-38-85)42-54-30-32-71(6,7)41-60(54)73-45-72(8,46-73)47-73/h12-14,17-18,20-29,40,48-49,55,57,62,66,80,87H,10-11,15-16,19,30-39,41-47H2,1-9H3,(H,79,90)(H,81,88)(H,82,89)/t49-,55?,57+,62-,66?,72?,73?/m0/s1. The fraction of sp³-hybridized carbons (Fsp3) is 0.554. The van der Waals surface area contributed by atoms with E-state index in [4.69, 9.17) is 0 Å². The van der Waals surface area contributed by atoms with Crippen LogP contribution in [0.4, 0.5) is 24.5 Å². The van der Waals surface area contributed by atoms with Crippen molar-refractivity contribution < 1.29 is 54.3 Å². The Kier molecular flexibility index (Phi) is 23.3. The molecule has 538 valence electrons. The number of carbonyl (C=O) groups is 4. The van der Waals surface area contributed by atoms with E-state index in [0.717, 1.165) is 96.4 Å². The molecule has 5 fully saturated rings. The third-order valence-electron chi connectivity index (χ3n) is 20.7. The van der Waals surface area contributed by atoms with Crippen LogP contribution in [0.1, 0.15) is 160 Å². The molecule has 4 aliphatic carbocycles. The second-order valence-electron chi connectivity index (χ2n) is 30.5. The van der Waals surface area contributed by atoms with E-state index in [1.165, 1.54) is 60.9 Å². The summed E-state index contributed by atoms with van der Waals surface area (Å²) in [6.45, 7) is 21.8. The number of rotatable bonds is 29. The number of anilines is 2. The molecule has 5 N–H and O–H groups in total. The summed E-state index contributed by atoms with van der Waals surface area (Å²) in [5, 5.41) is 19.8. The lowest BCUT2D eigenvalue weighted by atomic mass is 9.33. The molecule has 4 amide bonds. The summed E-state index contributed by atoms with van der Waals surface area (Å²) in [5.74, 6) is -1.92. The van der Waals surface area contributed by atoms with Gasteiger partial charge in [0.25, 0.3) is 25.8 Å². The monoisotopic (exact) mass is 1440 g/mol. The van der Waals surface area contributed by atoms with Crippen LogP contribution in [0, 0.1) is 28.6 Å². The minimum Gasteiger partial charge on any atom is -0.391 e. The van der Waals surface area contributed by atoms with Crippen LogP contribution >= 0.6 is 23.1 Å². The predicted octanol–water partition coefficient (Wildman–Crippen LogP) is 12.6. The van der Waals surface area contributed by atoms with Crippen molar-refractivity contribution in [1.82, 2.24) is 35.0 Å². The number of hydrogen-bond donors (Lipinski definition) is 5. The minimum atomic E-state index is -6.15. The summed E-state index contributed by atoms with van der Waals surface area (Å²) in [4.78, 5) is 67.5. The second-order valence-corrected chi connectivity index (χ2v) is 36.0. The van der Waals surface area contributed by atoms with Gasteiger partial charge in [-0.25, -0.2) is 26.5 Å². The van der Waals surface area contributed by atoms with Gasteiger partial charge in [-0.3, -0.25) is 24.1 Å². The molecular formula is C74H98F3N9O9S4. The van der Waals surface area contributed by atoms with Gasteiger partial charge in [-0.1, -0.05) is 108 Å². The van der Waals surface area contributed by atoms with E-state index in [9.17, 15) is 54.3 Å². The number of piperazine rings is 1. The molecule has 99 heavy (non-hydrogen) atoms. The summed E-state index contributed by atoms with van der Waals surface area (Å²) >= 11 is 2.96. The Morgan fingerprint density at radius 1 is 0.848 bits per heavy atom. The number of thioether (sulfide) groups is 1. The van der Waals surface area contributed by atoms with Crippen molar-refractivity contribution in [2.45, 2.75) is 189 Å². The number of unbranched alkanes of at least 4 members (excludes halogenated alkanes) is 3. The fourth-order valence-electron chi connectivity index (χ4n) is 15.2. The maximum atomic E-state index is 14.6. The van der Waals surface area contributed by atoms with E-state index >= 15 is 0 Å². The Balaban J connectivity index is 0.700. The lowest BCUT2D eigenvalue weighted by Crippen LogP contribution is -2.61. The zero-order valence-corrected chi connectivity index (χ0v) is 61.7. The van der Waals surface area contributed by atoms with Crippen LogP contribution in [0.5, 0.6) is 0 Å². The Hall–Kier alpha value is -6.35. The Morgan fingerprint density at radius 3 is 2.16 bits per heavy atom. The molecule has 2 saturated heterocycles. The first kappa shape index (κ1) is 75.3. The maximum Gasteiger partial charge on any atom is 0.501 e. The van der Waals surface area contributed by atoms with E-state index in [1.54, 1.807) is 40.1 Å². The summed E-state index contributed by atoms with van der Waals surface area (Å²) in [6, 6.07) is 23.1. The molecule has 2 aliphatic heterocycles. The topological polar surface area (TPSA) is 231 Å². The van der Waals surface area contributed by atoms with E-state index in [0.29, 0.717) is 54.7 Å². The van der Waals surface area contributed by atoms with Crippen molar-refractivity contribution in [3.05, 3.63) is 131 Å². The van der Waals surface area contributed by atoms with E-state index < -0.39 is 94.3 Å². The number of thiazole rings is 1. The van der Waals surface area contributed by atoms with E-state index in [-0.39, 0.29) is 36.6 Å². The van der Waals surface area contributed by atoms with Gasteiger partial charge < -0.3 is 35.8 Å². The summed E-state index contributed by atoms with van der Waals surface area (Å²) in [7, 11) is -9.18. The van der Waals surface area contributed by atoms with Gasteiger partial charge in [-0.2, -0.15) is 13.2 Å². The van der Waals surface area contributed by atoms with Crippen LogP contribution in [0.2, 0.25) is 0 Å². The fourth-order valence-corrected chi connectivity index (χ4v) is 19.0. The number of carbonyl (C=O) groups excluding carboxylic acids is 4. The zero-order chi connectivity index (χ0) is 71.5. The number of sulfonamides is 1. The molecule has 4 aromatic carbocycles. The molecule has 11 rings (SSSR count).